The molecule has 1 aliphatic heterocycles. The van der Waals surface area contributed by atoms with E-state index < -0.39 is 0 Å². The summed E-state index contributed by atoms with van der Waals surface area (Å²) in [5, 5.41) is 4.06. The Morgan fingerprint density at radius 3 is 2.87 bits per heavy atom. The molecule has 2 rings (SSSR count). The second-order valence-corrected chi connectivity index (χ2v) is 5.82. The van der Waals surface area contributed by atoms with Crippen LogP contribution in [0.1, 0.15) is 12.6 Å². The number of guanidine groups is 1. The van der Waals surface area contributed by atoms with E-state index in [0.717, 1.165) is 29.8 Å². The molecule has 1 unspecified atom stereocenters. The van der Waals surface area contributed by atoms with Crippen molar-refractivity contribution in [1.82, 2.24) is 14.8 Å². The molecule has 23 heavy (non-hydrogen) atoms. The van der Waals surface area contributed by atoms with E-state index in [4.69, 9.17) is 21.1 Å². The minimum atomic E-state index is 0. The van der Waals surface area contributed by atoms with Crippen molar-refractivity contribution in [2.75, 3.05) is 40.0 Å². The third kappa shape index (κ3) is 6.48. The lowest BCUT2D eigenvalue weighted by atomic mass is 10.3. The standard InChI is InChI=1S/C15H25ClN4O2.HI/c1-4-17-15(18-8-14-11-21-5-6-22-14)20(3)10-13-7-12(16)9-19(13)2;/h7,9,14H,4-6,8,10-11H2,1-3H3,(H,17,18);1H. The van der Waals surface area contributed by atoms with E-state index in [9.17, 15) is 0 Å². The first-order valence-electron chi connectivity index (χ1n) is 7.59. The smallest absolute Gasteiger partial charge is 0.194 e. The van der Waals surface area contributed by atoms with Gasteiger partial charge in [-0.1, -0.05) is 11.6 Å². The van der Waals surface area contributed by atoms with Gasteiger partial charge in [0.25, 0.3) is 0 Å². The average Bonchev–Trinajstić information content (AvgIpc) is 2.82. The van der Waals surface area contributed by atoms with Gasteiger partial charge in [0.2, 0.25) is 0 Å². The van der Waals surface area contributed by atoms with Crippen LogP contribution in [-0.4, -0.2) is 61.5 Å². The van der Waals surface area contributed by atoms with Gasteiger partial charge in [0.1, 0.15) is 6.10 Å². The number of hydrogen-bond donors (Lipinski definition) is 1. The van der Waals surface area contributed by atoms with E-state index in [1.807, 2.05) is 30.9 Å². The first-order valence-corrected chi connectivity index (χ1v) is 7.97. The Balaban J connectivity index is 0.00000264. The van der Waals surface area contributed by atoms with Crippen molar-refractivity contribution in [3.05, 3.63) is 23.0 Å². The lowest BCUT2D eigenvalue weighted by molar-refractivity contribution is -0.0833. The lowest BCUT2D eigenvalue weighted by Crippen LogP contribution is -2.40. The van der Waals surface area contributed by atoms with Crippen molar-refractivity contribution in [2.24, 2.45) is 12.0 Å². The average molecular weight is 457 g/mol. The summed E-state index contributed by atoms with van der Waals surface area (Å²) in [6.45, 7) is 6.14. The molecule has 1 aliphatic rings. The highest BCUT2D eigenvalue weighted by Crippen LogP contribution is 2.14. The quantitative estimate of drug-likeness (QED) is 0.419. The first-order chi connectivity index (χ1) is 10.6. The van der Waals surface area contributed by atoms with Crippen LogP contribution in [0.4, 0.5) is 0 Å². The topological polar surface area (TPSA) is 51.0 Å². The Kier molecular flexibility index (Phi) is 9.26. The summed E-state index contributed by atoms with van der Waals surface area (Å²) < 4.78 is 13.1. The molecular weight excluding hydrogens is 431 g/mol. The van der Waals surface area contributed by atoms with Crippen LogP contribution in [0, 0.1) is 0 Å². The molecule has 6 nitrogen and oxygen atoms in total. The van der Waals surface area contributed by atoms with Crippen LogP contribution in [0.3, 0.4) is 0 Å². The fourth-order valence-electron chi connectivity index (χ4n) is 2.34. The molecule has 0 amide bonds. The van der Waals surface area contributed by atoms with E-state index in [0.29, 0.717) is 26.4 Å². The monoisotopic (exact) mass is 456 g/mol. The molecule has 0 saturated carbocycles. The van der Waals surface area contributed by atoms with Crippen LogP contribution < -0.4 is 5.32 Å². The zero-order chi connectivity index (χ0) is 15.9. The van der Waals surface area contributed by atoms with Gasteiger partial charge in [-0.2, -0.15) is 0 Å². The Hall–Kier alpha value is -0.510. The largest absolute Gasteiger partial charge is 0.376 e. The Morgan fingerprint density at radius 1 is 1.52 bits per heavy atom. The van der Waals surface area contributed by atoms with Gasteiger partial charge in [-0.3, -0.25) is 4.99 Å². The molecule has 1 saturated heterocycles. The van der Waals surface area contributed by atoms with Crippen molar-refractivity contribution in [2.45, 2.75) is 19.6 Å². The molecule has 1 fully saturated rings. The molecule has 0 bridgehead atoms. The number of aryl methyl sites for hydroxylation is 1. The minimum Gasteiger partial charge on any atom is -0.376 e. The summed E-state index contributed by atoms with van der Waals surface area (Å²) in [5.41, 5.74) is 1.13. The van der Waals surface area contributed by atoms with E-state index in [-0.39, 0.29) is 30.1 Å². The summed E-state index contributed by atoms with van der Waals surface area (Å²) in [5.74, 6) is 0.856. The maximum absolute atomic E-state index is 6.04. The fraction of sp³-hybridized carbons (Fsp3) is 0.667. The molecular formula is C15H26ClIN4O2. The maximum atomic E-state index is 6.04. The molecule has 1 aromatic heterocycles. The van der Waals surface area contributed by atoms with Gasteiger partial charge in [-0.15, -0.1) is 24.0 Å². The van der Waals surface area contributed by atoms with Crippen LogP contribution in [0.2, 0.25) is 5.02 Å². The van der Waals surface area contributed by atoms with E-state index in [2.05, 4.69) is 22.1 Å². The highest BCUT2D eigenvalue weighted by atomic mass is 127. The highest BCUT2D eigenvalue weighted by molar-refractivity contribution is 14.0. The summed E-state index contributed by atoms with van der Waals surface area (Å²) in [6.07, 6.45) is 1.95. The normalized spacial score (nSPS) is 18.4. The number of ether oxygens (including phenoxy) is 2. The van der Waals surface area contributed by atoms with Crippen LogP contribution in [0.5, 0.6) is 0 Å². The number of aromatic nitrogens is 1. The van der Waals surface area contributed by atoms with Crippen molar-refractivity contribution in [3.8, 4) is 0 Å². The van der Waals surface area contributed by atoms with Crippen molar-refractivity contribution in [3.63, 3.8) is 0 Å². The van der Waals surface area contributed by atoms with E-state index in [1.165, 1.54) is 0 Å². The molecule has 1 atom stereocenters. The molecule has 0 aromatic carbocycles. The molecule has 132 valence electrons. The Morgan fingerprint density at radius 2 is 2.30 bits per heavy atom. The number of aliphatic imine (C=N–C) groups is 1. The molecule has 0 aliphatic carbocycles. The second-order valence-electron chi connectivity index (χ2n) is 5.38. The predicted molar refractivity (Wildman–Crippen MR) is 104 cm³/mol. The van der Waals surface area contributed by atoms with Gasteiger partial charge in [0.05, 0.1) is 37.9 Å². The van der Waals surface area contributed by atoms with Gasteiger partial charge in [-0.05, 0) is 13.0 Å². The Labute approximate surface area is 160 Å². The highest BCUT2D eigenvalue weighted by Gasteiger charge is 2.15. The zero-order valence-electron chi connectivity index (χ0n) is 13.9. The SMILES string of the molecule is CCNC(=NCC1COCCO1)N(C)Cc1cc(Cl)cn1C.I. The Bertz CT molecular complexity index is 504. The molecule has 0 spiro atoms. The van der Waals surface area contributed by atoms with Gasteiger partial charge in [0.15, 0.2) is 5.96 Å². The van der Waals surface area contributed by atoms with Gasteiger partial charge < -0.3 is 24.3 Å². The number of nitrogens with one attached hydrogen (secondary N) is 1. The second kappa shape index (κ2) is 10.4. The molecule has 1 aromatic rings. The summed E-state index contributed by atoms with van der Waals surface area (Å²) in [4.78, 5) is 6.74. The van der Waals surface area contributed by atoms with Crippen molar-refractivity contribution in [1.29, 1.82) is 0 Å². The molecule has 8 heteroatoms. The molecule has 0 radical (unpaired) electrons. The predicted octanol–water partition coefficient (Wildman–Crippen LogP) is 2.11. The van der Waals surface area contributed by atoms with Crippen molar-refractivity contribution >= 4 is 41.5 Å². The third-order valence-electron chi connectivity index (χ3n) is 3.50. The molecule has 2 heterocycles. The number of nitrogens with zero attached hydrogens (tertiary/aromatic N) is 3. The van der Waals surface area contributed by atoms with Crippen LogP contribution in [-0.2, 0) is 23.1 Å². The van der Waals surface area contributed by atoms with E-state index in [1.54, 1.807) is 0 Å². The van der Waals surface area contributed by atoms with Crippen LogP contribution in [0.25, 0.3) is 0 Å². The zero-order valence-corrected chi connectivity index (χ0v) is 17.0. The van der Waals surface area contributed by atoms with Gasteiger partial charge in [-0.25, -0.2) is 0 Å². The minimum absolute atomic E-state index is 0. The van der Waals surface area contributed by atoms with E-state index >= 15 is 0 Å². The first kappa shape index (κ1) is 20.5. The molecule has 1 N–H and O–H groups in total. The summed E-state index contributed by atoms with van der Waals surface area (Å²) in [7, 11) is 4.01. The van der Waals surface area contributed by atoms with Crippen molar-refractivity contribution < 1.29 is 9.47 Å². The lowest BCUT2D eigenvalue weighted by Gasteiger charge is -2.25. The number of rotatable bonds is 5. The summed E-state index contributed by atoms with van der Waals surface area (Å²) >= 11 is 6.04. The van der Waals surface area contributed by atoms with Gasteiger partial charge in [0, 0.05) is 32.5 Å². The number of halogens is 2. The summed E-state index contributed by atoms with van der Waals surface area (Å²) in [6, 6.07) is 1.97. The van der Waals surface area contributed by atoms with Gasteiger partial charge >= 0.3 is 0 Å². The number of hydrogen-bond acceptors (Lipinski definition) is 3. The van der Waals surface area contributed by atoms with Crippen LogP contribution in [0.15, 0.2) is 17.3 Å². The third-order valence-corrected chi connectivity index (χ3v) is 3.71. The maximum Gasteiger partial charge on any atom is 0.194 e. The fourth-order valence-corrected chi connectivity index (χ4v) is 2.61. The van der Waals surface area contributed by atoms with Crippen LogP contribution >= 0.6 is 35.6 Å².